The first-order valence-electron chi connectivity index (χ1n) is 7.46. The van der Waals surface area contributed by atoms with Gasteiger partial charge in [-0.3, -0.25) is 0 Å². The van der Waals surface area contributed by atoms with Crippen LogP contribution in [0.2, 0.25) is 0 Å². The van der Waals surface area contributed by atoms with Gasteiger partial charge in [-0.15, -0.1) is 0 Å². The zero-order chi connectivity index (χ0) is 13.8. The van der Waals surface area contributed by atoms with Crippen LogP contribution in [-0.2, 0) is 9.53 Å². The highest BCUT2D eigenvalue weighted by Gasteiger charge is 2.61. The number of aliphatic hydroxyl groups is 1. The molecule has 19 heavy (non-hydrogen) atoms. The van der Waals surface area contributed by atoms with Crippen molar-refractivity contribution in [1.82, 2.24) is 0 Å². The first-order valence-corrected chi connectivity index (χ1v) is 7.46. The average molecular weight is 268 g/mol. The topological polar surface area (TPSA) is 66.8 Å². The Balaban J connectivity index is 1.92. The number of aliphatic carboxylic acids is 1. The summed E-state index contributed by atoms with van der Waals surface area (Å²) in [4.78, 5) is 11.4. The van der Waals surface area contributed by atoms with E-state index in [9.17, 15) is 15.0 Å². The molecule has 3 fully saturated rings. The summed E-state index contributed by atoms with van der Waals surface area (Å²) in [5, 5.41) is 19.8. The Morgan fingerprint density at radius 3 is 2.68 bits per heavy atom. The third-order valence-corrected chi connectivity index (χ3v) is 6.04. The number of carboxylic acid groups (broad SMARTS) is 1. The van der Waals surface area contributed by atoms with E-state index < -0.39 is 17.7 Å². The molecular weight excluding hydrogens is 244 g/mol. The molecule has 1 aliphatic heterocycles. The van der Waals surface area contributed by atoms with E-state index in [0.29, 0.717) is 30.8 Å². The molecule has 2 aliphatic carbocycles. The average Bonchev–Trinajstić information content (AvgIpc) is 2.89. The van der Waals surface area contributed by atoms with E-state index in [0.717, 1.165) is 19.3 Å². The zero-order valence-corrected chi connectivity index (χ0v) is 11.8. The number of carbonyl (C=O) groups is 1. The third kappa shape index (κ3) is 1.76. The minimum absolute atomic E-state index is 0.138. The van der Waals surface area contributed by atoms with Crippen LogP contribution in [0, 0.1) is 23.2 Å². The number of fused-ring (bicyclic) bond motifs is 1. The van der Waals surface area contributed by atoms with Crippen molar-refractivity contribution in [3.63, 3.8) is 0 Å². The second-order valence-electron chi connectivity index (χ2n) is 7.19. The van der Waals surface area contributed by atoms with Gasteiger partial charge < -0.3 is 14.9 Å². The Labute approximate surface area is 114 Å². The highest BCUT2D eigenvalue weighted by Crippen LogP contribution is 2.60. The molecule has 1 heterocycles. The molecule has 0 aromatic rings. The minimum Gasteiger partial charge on any atom is -0.479 e. The van der Waals surface area contributed by atoms with Crippen LogP contribution in [0.1, 0.15) is 46.0 Å². The van der Waals surface area contributed by atoms with Crippen LogP contribution >= 0.6 is 0 Å². The van der Waals surface area contributed by atoms with Crippen LogP contribution in [0.4, 0.5) is 0 Å². The summed E-state index contributed by atoms with van der Waals surface area (Å²) >= 11 is 0. The highest BCUT2D eigenvalue weighted by atomic mass is 16.5. The van der Waals surface area contributed by atoms with E-state index in [2.05, 4.69) is 13.8 Å². The maximum Gasteiger partial charge on any atom is 0.338 e. The number of ether oxygens (including phenoxy) is 1. The Morgan fingerprint density at radius 1 is 1.32 bits per heavy atom. The van der Waals surface area contributed by atoms with Gasteiger partial charge in [0.1, 0.15) is 0 Å². The largest absolute Gasteiger partial charge is 0.479 e. The summed E-state index contributed by atoms with van der Waals surface area (Å²) in [6.07, 6.45) is 3.73. The van der Waals surface area contributed by atoms with Crippen LogP contribution in [0.3, 0.4) is 0 Å². The number of hydrogen-bond acceptors (Lipinski definition) is 3. The maximum absolute atomic E-state index is 11.4. The van der Waals surface area contributed by atoms with Gasteiger partial charge in [0.2, 0.25) is 0 Å². The SMILES string of the molecule is CC(C)C1CC[C@]23CO[C@H](C2)[C@@](O)(C(=O)O)CC[C@@H]13. The summed E-state index contributed by atoms with van der Waals surface area (Å²) < 4.78 is 5.74. The summed E-state index contributed by atoms with van der Waals surface area (Å²) in [7, 11) is 0. The van der Waals surface area contributed by atoms with E-state index in [4.69, 9.17) is 4.74 Å². The first-order chi connectivity index (χ1) is 8.89. The molecule has 1 saturated heterocycles. The maximum atomic E-state index is 11.4. The molecule has 4 nitrogen and oxygen atoms in total. The molecule has 1 unspecified atom stereocenters. The predicted molar refractivity (Wildman–Crippen MR) is 69.7 cm³/mol. The molecule has 0 aromatic carbocycles. The van der Waals surface area contributed by atoms with Crippen molar-refractivity contribution in [2.24, 2.45) is 23.2 Å². The fourth-order valence-electron chi connectivity index (χ4n) is 4.89. The van der Waals surface area contributed by atoms with Gasteiger partial charge in [-0.25, -0.2) is 4.79 Å². The van der Waals surface area contributed by atoms with Crippen molar-refractivity contribution in [3.8, 4) is 0 Å². The molecule has 3 rings (SSSR count). The summed E-state index contributed by atoms with van der Waals surface area (Å²) in [6, 6.07) is 0. The molecule has 2 saturated carbocycles. The van der Waals surface area contributed by atoms with Crippen LogP contribution in [0.25, 0.3) is 0 Å². The van der Waals surface area contributed by atoms with Gasteiger partial charge >= 0.3 is 5.97 Å². The predicted octanol–water partition coefficient (Wildman–Crippen LogP) is 2.05. The summed E-state index contributed by atoms with van der Waals surface area (Å²) in [6.45, 7) is 5.15. The van der Waals surface area contributed by atoms with Crippen molar-refractivity contribution in [1.29, 1.82) is 0 Å². The summed E-state index contributed by atoms with van der Waals surface area (Å²) in [5.74, 6) is 0.680. The van der Waals surface area contributed by atoms with Gasteiger partial charge in [0.15, 0.2) is 5.60 Å². The van der Waals surface area contributed by atoms with Gasteiger partial charge in [0, 0.05) is 0 Å². The fraction of sp³-hybridized carbons (Fsp3) is 0.933. The van der Waals surface area contributed by atoms with Crippen molar-refractivity contribution >= 4 is 5.97 Å². The second kappa shape index (κ2) is 4.19. The molecule has 2 bridgehead atoms. The van der Waals surface area contributed by atoms with Crippen LogP contribution < -0.4 is 0 Å². The molecule has 0 radical (unpaired) electrons. The molecule has 108 valence electrons. The van der Waals surface area contributed by atoms with Gasteiger partial charge in [0.05, 0.1) is 12.7 Å². The van der Waals surface area contributed by atoms with Crippen LogP contribution in [-0.4, -0.2) is 34.5 Å². The van der Waals surface area contributed by atoms with Crippen LogP contribution in [0.15, 0.2) is 0 Å². The summed E-state index contributed by atoms with van der Waals surface area (Å²) in [5.41, 5.74) is -1.53. The Hall–Kier alpha value is -0.610. The van der Waals surface area contributed by atoms with E-state index in [1.54, 1.807) is 0 Å². The normalized spacial score (nSPS) is 49.2. The molecule has 2 N–H and O–H groups in total. The molecule has 4 heteroatoms. The Kier molecular flexibility index (Phi) is 2.95. The van der Waals surface area contributed by atoms with Crippen molar-refractivity contribution in [2.45, 2.75) is 57.7 Å². The number of hydrogen-bond donors (Lipinski definition) is 2. The monoisotopic (exact) mass is 268 g/mol. The van der Waals surface area contributed by atoms with Gasteiger partial charge in [-0.2, -0.15) is 0 Å². The molecule has 5 atom stereocenters. The van der Waals surface area contributed by atoms with Crippen LogP contribution in [0.5, 0.6) is 0 Å². The zero-order valence-electron chi connectivity index (χ0n) is 11.8. The highest BCUT2D eigenvalue weighted by molar-refractivity contribution is 5.78. The standard InChI is InChI=1S/C15H24O4/c1-9(2)10-3-5-14-7-12(19-8-14)15(18,13(16)17)6-4-11(10)14/h9-12,18H,3-8H2,1-2H3,(H,16,17)/t10?,11-,12+,14+,15+/m0/s1. The lowest BCUT2D eigenvalue weighted by Crippen LogP contribution is -2.49. The molecule has 0 aromatic heterocycles. The minimum atomic E-state index is -1.67. The van der Waals surface area contributed by atoms with E-state index in [1.807, 2.05) is 0 Å². The molecule has 0 amide bonds. The van der Waals surface area contributed by atoms with Crippen molar-refractivity contribution < 1.29 is 19.7 Å². The lowest BCUT2D eigenvalue weighted by atomic mass is 9.71. The molecule has 1 spiro atoms. The van der Waals surface area contributed by atoms with Crippen molar-refractivity contribution in [2.75, 3.05) is 6.61 Å². The third-order valence-electron chi connectivity index (χ3n) is 6.04. The molecule has 3 aliphatic rings. The quantitative estimate of drug-likeness (QED) is 0.804. The van der Waals surface area contributed by atoms with E-state index in [-0.39, 0.29) is 5.41 Å². The molecular formula is C15H24O4. The lowest BCUT2D eigenvalue weighted by molar-refractivity contribution is -0.175. The Morgan fingerprint density at radius 2 is 2.05 bits per heavy atom. The van der Waals surface area contributed by atoms with Gasteiger partial charge in [-0.05, 0) is 55.3 Å². The first kappa shape index (κ1) is 13.4. The van der Waals surface area contributed by atoms with Crippen molar-refractivity contribution in [3.05, 3.63) is 0 Å². The van der Waals surface area contributed by atoms with E-state index >= 15 is 0 Å². The lowest BCUT2D eigenvalue weighted by Gasteiger charge is -2.34. The fourth-order valence-corrected chi connectivity index (χ4v) is 4.89. The Bertz CT molecular complexity index is 394. The van der Waals surface area contributed by atoms with E-state index in [1.165, 1.54) is 6.42 Å². The van der Waals surface area contributed by atoms with Gasteiger partial charge in [0.25, 0.3) is 0 Å². The van der Waals surface area contributed by atoms with Gasteiger partial charge in [-0.1, -0.05) is 13.8 Å². The smallest absolute Gasteiger partial charge is 0.338 e. The number of carboxylic acids is 1. The second-order valence-corrected chi connectivity index (χ2v) is 7.19. The number of rotatable bonds is 2.